The zero-order valence-corrected chi connectivity index (χ0v) is 16.2. The molecule has 1 aliphatic heterocycles. The van der Waals surface area contributed by atoms with E-state index in [4.69, 9.17) is 9.51 Å². The average Bonchev–Trinajstić information content (AvgIpc) is 3.30. The molecule has 1 aliphatic carbocycles. The van der Waals surface area contributed by atoms with Gasteiger partial charge in [0.2, 0.25) is 5.91 Å². The molecule has 0 radical (unpaired) electrons. The lowest BCUT2D eigenvalue weighted by Crippen LogP contribution is -2.33. The summed E-state index contributed by atoms with van der Waals surface area (Å²) in [7, 11) is 0. The number of hydrogen-bond donors (Lipinski definition) is 0. The summed E-state index contributed by atoms with van der Waals surface area (Å²) in [6, 6.07) is 0.352. The van der Waals surface area contributed by atoms with Gasteiger partial charge in [-0.1, -0.05) is 5.16 Å². The Hall–Kier alpha value is -2.11. The van der Waals surface area contributed by atoms with Crippen molar-refractivity contribution in [3.63, 3.8) is 0 Å². The highest BCUT2D eigenvalue weighted by Crippen LogP contribution is 2.32. The number of carbonyl (C=O) groups excluding carboxylic acids is 1. The largest absolute Gasteiger partial charge is 0.361 e. The number of amides is 1. The maximum Gasteiger partial charge on any atom is 0.230 e. The molecule has 2 atom stereocenters. The molecular weight excluding hydrogens is 328 g/mol. The van der Waals surface area contributed by atoms with E-state index >= 15 is 0 Å². The minimum absolute atomic E-state index is 0.175. The summed E-state index contributed by atoms with van der Waals surface area (Å²) in [4.78, 5) is 19.9. The summed E-state index contributed by atoms with van der Waals surface area (Å²) in [5, 5.41) is 4.00. The van der Waals surface area contributed by atoms with E-state index in [1.807, 2.05) is 25.7 Å². The number of fused-ring (bicyclic) bond motifs is 1. The van der Waals surface area contributed by atoms with Crippen LogP contribution < -0.4 is 0 Å². The number of likely N-dealkylation sites (tertiary alicyclic amines) is 1. The van der Waals surface area contributed by atoms with Gasteiger partial charge in [-0.3, -0.25) is 4.79 Å². The summed E-state index contributed by atoms with van der Waals surface area (Å²) in [5.41, 5.74) is 4.45. The first kappa shape index (κ1) is 17.3. The molecule has 1 amide bonds. The average molecular weight is 356 g/mol. The highest BCUT2D eigenvalue weighted by molar-refractivity contribution is 5.84. The molecule has 6 heteroatoms. The van der Waals surface area contributed by atoms with Gasteiger partial charge in [-0.2, -0.15) is 0 Å². The Morgan fingerprint density at radius 1 is 1.23 bits per heavy atom. The van der Waals surface area contributed by atoms with Crippen molar-refractivity contribution in [3.05, 3.63) is 34.2 Å². The molecule has 4 rings (SSSR count). The smallest absolute Gasteiger partial charge is 0.230 e. The zero-order chi connectivity index (χ0) is 18.4. The highest BCUT2D eigenvalue weighted by Gasteiger charge is 2.34. The van der Waals surface area contributed by atoms with Crippen molar-refractivity contribution in [2.24, 2.45) is 0 Å². The summed E-state index contributed by atoms with van der Waals surface area (Å²) in [6.07, 6.45) is 5.71. The Morgan fingerprint density at radius 2 is 2.00 bits per heavy atom. The van der Waals surface area contributed by atoms with Gasteiger partial charge in [-0.05, 0) is 59.8 Å². The normalized spacial score (nSPS) is 21.1. The number of carbonyl (C=O) groups is 1. The van der Waals surface area contributed by atoms with Gasteiger partial charge in [-0.25, -0.2) is 4.98 Å². The van der Waals surface area contributed by atoms with Gasteiger partial charge in [0.25, 0.3) is 0 Å². The lowest BCUT2D eigenvalue weighted by molar-refractivity contribution is -0.131. The lowest BCUT2D eigenvalue weighted by atomic mass is 9.98. The van der Waals surface area contributed by atoms with E-state index in [-0.39, 0.29) is 11.8 Å². The van der Waals surface area contributed by atoms with Crippen molar-refractivity contribution in [2.75, 3.05) is 13.1 Å². The van der Waals surface area contributed by atoms with Crippen molar-refractivity contribution in [2.45, 2.75) is 71.8 Å². The second-order valence-corrected chi connectivity index (χ2v) is 7.82. The number of nitrogens with zero attached hydrogens (tertiary/aromatic N) is 4. The fourth-order valence-electron chi connectivity index (χ4n) is 4.84. The molecule has 0 unspecified atom stereocenters. The first-order valence-corrected chi connectivity index (χ1v) is 9.75. The first-order chi connectivity index (χ1) is 12.5. The molecule has 26 heavy (non-hydrogen) atoms. The van der Waals surface area contributed by atoms with Gasteiger partial charge in [0.15, 0.2) is 0 Å². The standard InChI is InChI=1S/C20H28N4O2/c1-12(19-13(2)22-26-14(19)3)20(25)23-10-9-16(11-23)24-15(4)21-17-7-5-6-8-18(17)24/h12,16H,5-11H2,1-4H3/t12-,16-/m0/s1. The highest BCUT2D eigenvalue weighted by atomic mass is 16.5. The molecule has 3 heterocycles. The summed E-state index contributed by atoms with van der Waals surface area (Å²) >= 11 is 0. The second kappa shape index (κ2) is 6.56. The third-order valence-electron chi connectivity index (χ3n) is 6.08. The molecule has 1 saturated heterocycles. The molecule has 6 nitrogen and oxygen atoms in total. The minimum Gasteiger partial charge on any atom is -0.361 e. The summed E-state index contributed by atoms with van der Waals surface area (Å²) < 4.78 is 7.67. The van der Waals surface area contributed by atoms with Crippen LogP contribution in [0.2, 0.25) is 0 Å². The summed E-state index contributed by atoms with van der Waals surface area (Å²) in [6.45, 7) is 9.44. The van der Waals surface area contributed by atoms with Crippen LogP contribution in [0, 0.1) is 20.8 Å². The lowest BCUT2D eigenvalue weighted by Gasteiger charge is -2.23. The fraction of sp³-hybridized carbons (Fsp3) is 0.650. The van der Waals surface area contributed by atoms with Crippen LogP contribution in [0.4, 0.5) is 0 Å². The van der Waals surface area contributed by atoms with E-state index in [1.54, 1.807) is 0 Å². The Bertz CT molecular complexity index is 816. The molecule has 1 fully saturated rings. The Balaban J connectivity index is 1.52. The molecule has 0 N–H and O–H groups in total. The van der Waals surface area contributed by atoms with Crippen molar-refractivity contribution >= 4 is 5.91 Å². The number of aryl methyl sites for hydroxylation is 4. The van der Waals surface area contributed by atoms with Crippen LogP contribution in [0.3, 0.4) is 0 Å². The van der Waals surface area contributed by atoms with Crippen molar-refractivity contribution in [1.29, 1.82) is 0 Å². The maximum atomic E-state index is 13.1. The van der Waals surface area contributed by atoms with Gasteiger partial charge in [0, 0.05) is 24.3 Å². The zero-order valence-electron chi connectivity index (χ0n) is 16.2. The van der Waals surface area contributed by atoms with Crippen LogP contribution in [0.5, 0.6) is 0 Å². The Kier molecular flexibility index (Phi) is 4.37. The van der Waals surface area contributed by atoms with Crippen molar-refractivity contribution in [1.82, 2.24) is 19.6 Å². The Labute approximate surface area is 154 Å². The maximum absolute atomic E-state index is 13.1. The molecule has 0 saturated carbocycles. The van der Waals surface area contributed by atoms with Gasteiger partial charge >= 0.3 is 0 Å². The number of hydrogen-bond acceptors (Lipinski definition) is 4. The molecule has 2 aromatic rings. The van der Waals surface area contributed by atoms with E-state index in [1.165, 1.54) is 24.2 Å². The van der Waals surface area contributed by atoms with Gasteiger partial charge in [-0.15, -0.1) is 0 Å². The fourth-order valence-corrected chi connectivity index (χ4v) is 4.84. The quantitative estimate of drug-likeness (QED) is 0.847. The third-order valence-corrected chi connectivity index (χ3v) is 6.08. The predicted molar refractivity (Wildman–Crippen MR) is 98.2 cm³/mol. The molecule has 0 bridgehead atoms. The van der Waals surface area contributed by atoms with Crippen LogP contribution >= 0.6 is 0 Å². The number of rotatable bonds is 3. The van der Waals surface area contributed by atoms with Crippen LogP contribution in [0.25, 0.3) is 0 Å². The Morgan fingerprint density at radius 3 is 2.73 bits per heavy atom. The van der Waals surface area contributed by atoms with Crippen LogP contribution in [-0.4, -0.2) is 38.6 Å². The van der Waals surface area contributed by atoms with Gasteiger partial charge < -0.3 is 14.0 Å². The third kappa shape index (κ3) is 2.75. The van der Waals surface area contributed by atoms with Crippen LogP contribution in [-0.2, 0) is 17.6 Å². The molecule has 0 spiro atoms. The second-order valence-electron chi connectivity index (χ2n) is 7.82. The van der Waals surface area contributed by atoms with Crippen molar-refractivity contribution in [3.8, 4) is 0 Å². The van der Waals surface area contributed by atoms with E-state index in [0.717, 1.165) is 55.2 Å². The van der Waals surface area contributed by atoms with E-state index in [0.29, 0.717) is 6.04 Å². The van der Waals surface area contributed by atoms with Crippen LogP contribution in [0.15, 0.2) is 4.52 Å². The monoisotopic (exact) mass is 356 g/mol. The number of imidazole rings is 1. The molecular formula is C20H28N4O2. The van der Waals surface area contributed by atoms with E-state index in [2.05, 4.69) is 16.6 Å². The van der Waals surface area contributed by atoms with Gasteiger partial charge in [0.05, 0.1) is 23.3 Å². The van der Waals surface area contributed by atoms with E-state index in [9.17, 15) is 4.79 Å². The van der Waals surface area contributed by atoms with Gasteiger partial charge in [0.1, 0.15) is 11.6 Å². The number of aromatic nitrogens is 3. The molecule has 0 aromatic carbocycles. The van der Waals surface area contributed by atoms with Crippen molar-refractivity contribution < 1.29 is 9.32 Å². The minimum atomic E-state index is -0.210. The predicted octanol–water partition coefficient (Wildman–Crippen LogP) is 3.25. The van der Waals surface area contributed by atoms with Crippen LogP contribution in [0.1, 0.15) is 72.4 Å². The molecule has 2 aliphatic rings. The molecule has 2 aromatic heterocycles. The first-order valence-electron chi connectivity index (χ1n) is 9.75. The van der Waals surface area contributed by atoms with E-state index < -0.39 is 0 Å². The molecule has 140 valence electrons. The summed E-state index contributed by atoms with van der Waals surface area (Å²) in [5.74, 6) is 1.82. The topological polar surface area (TPSA) is 64.2 Å². The SMILES string of the molecule is Cc1noc(C)c1[C@H](C)C(=O)N1CC[C@H](n2c(C)nc3c2CCCC3)C1.